The Kier molecular flexibility index (Phi) is 5.03. The van der Waals surface area contributed by atoms with E-state index in [1.165, 1.54) is 0 Å². The second-order valence-electron chi connectivity index (χ2n) is 8.21. The van der Waals surface area contributed by atoms with Crippen LogP contribution in [0.25, 0.3) is 11.1 Å². The van der Waals surface area contributed by atoms with Crippen molar-refractivity contribution >= 4 is 28.5 Å². The van der Waals surface area contributed by atoms with Crippen molar-refractivity contribution in [3.8, 4) is 0 Å². The molecule has 1 unspecified atom stereocenters. The first-order chi connectivity index (χ1) is 13.8. The molecule has 1 aliphatic rings. The predicted octanol–water partition coefficient (Wildman–Crippen LogP) is 4.62. The predicted molar refractivity (Wildman–Crippen MR) is 115 cm³/mol. The highest BCUT2D eigenvalue weighted by molar-refractivity contribution is 5.94. The standard InChI is InChI=1S/C23H28N4O2/c1-13-9-14(2)11-19(10-13)26-22(28)18-7-6-8-27(12-18)21-20-15(3)16(4)29-23(20)25-17(5)24-21/h9-11,18H,6-8,12H2,1-5H3,(H,26,28). The fourth-order valence-corrected chi connectivity index (χ4v) is 4.24. The molecule has 3 heterocycles. The minimum absolute atomic E-state index is 0.0711. The Hall–Kier alpha value is -2.89. The average molecular weight is 393 g/mol. The zero-order valence-corrected chi connectivity index (χ0v) is 17.8. The van der Waals surface area contributed by atoms with Gasteiger partial charge >= 0.3 is 0 Å². The zero-order valence-electron chi connectivity index (χ0n) is 17.8. The molecule has 4 rings (SSSR count). The lowest BCUT2D eigenvalue weighted by Gasteiger charge is -2.33. The number of piperidine rings is 1. The molecule has 3 aromatic rings. The van der Waals surface area contributed by atoms with E-state index in [-0.39, 0.29) is 11.8 Å². The lowest BCUT2D eigenvalue weighted by molar-refractivity contribution is -0.120. The highest BCUT2D eigenvalue weighted by atomic mass is 16.3. The van der Waals surface area contributed by atoms with Crippen LogP contribution in [0.3, 0.4) is 0 Å². The zero-order chi connectivity index (χ0) is 20.7. The number of nitrogens with one attached hydrogen (secondary N) is 1. The maximum absolute atomic E-state index is 13.0. The summed E-state index contributed by atoms with van der Waals surface area (Å²) in [7, 11) is 0. The largest absolute Gasteiger partial charge is 0.443 e. The molecule has 0 radical (unpaired) electrons. The molecule has 1 saturated heterocycles. The quantitative estimate of drug-likeness (QED) is 0.704. The molecule has 1 aromatic carbocycles. The number of benzene rings is 1. The Labute approximate surface area is 171 Å². The Morgan fingerprint density at radius 3 is 2.55 bits per heavy atom. The Morgan fingerprint density at radius 2 is 1.83 bits per heavy atom. The summed E-state index contributed by atoms with van der Waals surface area (Å²) < 4.78 is 5.83. The molecule has 0 saturated carbocycles. The van der Waals surface area contributed by atoms with Crippen molar-refractivity contribution in [2.24, 2.45) is 5.92 Å². The number of carbonyl (C=O) groups is 1. The van der Waals surface area contributed by atoms with E-state index in [9.17, 15) is 4.79 Å². The second kappa shape index (κ2) is 7.50. The van der Waals surface area contributed by atoms with Gasteiger partial charge in [-0.05, 0) is 70.7 Å². The van der Waals surface area contributed by atoms with Gasteiger partial charge in [0.05, 0.1) is 11.3 Å². The molecule has 1 N–H and O–H groups in total. The van der Waals surface area contributed by atoms with Gasteiger partial charge in [0.1, 0.15) is 17.4 Å². The average Bonchev–Trinajstić information content (AvgIpc) is 2.94. The lowest BCUT2D eigenvalue weighted by atomic mass is 9.96. The molecule has 29 heavy (non-hydrogen) atoms. The summed E-state index contributed by atoms with van der Waals surface area (Å²) in [6, 6.07) is 6.14. The molecule has 1 atom stereocenters. The Balaban J connectivity index is 1.59. The topological polar surface area (TPSA) is 71.3 Å². The van der Waals surface area contributed by atoms with Gasteiger partial charge < -0.3 is 14.6 Å². The molecular formula is C23H28N4O2. The van der Waals surface area contributed by atoms with Crippen LogP contribution in [0, 0.1) is 40.5 Å². The van der Waals surface area contributed by atoms with Crippen LogP contribution in [0.4, 0.5) is 11.5 Å². The number of hydrogen-bond donors (Lipinski definition) is 1. The monoisotopic (exact) mass is 392 g/mol. The summed E-state index contributed by atoms with van der Waals surface area (Å²) in [5.74, 6) is 2.42. The van der Waals surface area contributed by atoms with Gasteiger partial charge in [0.2, 0.25) is 11.6 Å². The van der Waals surface area contributed by atoms with E-state index >= 15 is 0 Å². The van der Waals surface area contributed by atoms with Crippen molar-refractivity contribution in [3.63, 3.8) is 0 Å². The van der Waals surface area contributed by atoms with Crippen LogP contribution >= 0.6 is 0 Å². The fraction of sp³-hybridized carbons (Fsp3) is 0.435. The van der Waals surface area contributed by atoms with E-state index in [1.54, 1.807) is 0 Å². The number of amides is 1. The maximum atomic E-state index is 13.0. The van der Waals surface area contributed by atoms with E-state index in [2.05, 4.69) is 21.3 Å². The number of fused-ring (bicyclic) bond motifs is 1. The second-order valence-corrected chi connectivity index (χ2v) is 8.21. The highest BCUT2D eigenvalue weighted by Gasteiger charge is 2.29. The number of nitrogens with zero attached hydrogens (tertiary/aromatic N) is 3. The molecule has 152 valence electrons. The minimum atomic E-state index is -0.0804. The van der Waals surface area contributed by atoms with Gasteiger partial charge in [-0.1, -0.05) is 6.07 Å². The van der Waals surface area contributed by atoms with Crippen molar-refractivity contribution in [2.75, 3.05) is 23.3 Å². The number of aryl methyl sites for hydroxylation is 5. The number of anilines is 2. The first-order valence-corrected chi connectivity index (χ1v) is 10.2. The Morgan fingerprint density at radius 1 is 1.10 bits per heavy atom. The first kappa shape index (κ1) is 19.4. The smallest absolute Gasteiger partial charge is 0.231 e. The third kappa shape index (κ3) is 3.84. The molecule has 1 fully saturated rings. The van der Waals surface area contributed by atoms with Gasteiger partial charge in [-0.15, -0.1) is 0 Å². The molecule has 0 aliphatic carbocycles. The molecule has 0 spiro atoms. The van der Waals surface area contributed by atoms with E-state index in [0.717, 1.165) is 58.7 Å². The molecule has 0 bridgehead atoms. The summed E-state index contributed by atoms with van der Waals surface area (Å²) in [5.41, 5.74) is 4.86. The summed E-state index contributed by atoms with van der Waals surface area (Å²) in [6.07, 6.45) is 1.83. The van der Waals surface area contributed by atoms with Crippen LogP contribution in [-0.2, 0) is 4.79 Å². The van der Waals surface area contributed by atoms with Crippen molar-refractivity contribution in [1.29, 1.82) is 0 Å². The van der Waals surface area contributed by atoms with E-state index in [0.29, 0.717) is 18.1 Å². The van der Waals surface area contributed by atoms with Gasteiger partial charge in [-0.25, -0.2) is 4.98 Å². The van der Waals surface area contributed by atoms with Crippen LogP contribution in [0.5, 0.6) is 0 Å². The van der Waals surface area contributed by atoms with Gasteiger partial charge in [0, 0.05) is 24.3 Å². The summed E-state index contributed by atoms with van der Waals surface area (Å²) in [4.78, 5) is 24.4. The minimum Gasteiger partial charge on any atom is -0.443 e. The number of furan rings is 1. The number of carbonyl (C=O) groups excluding carboxylic acids is 1. The normalized spacial score (nSPS) is 17.0. The van der Waals surface area contributed by atoms with Crippen molar-refractivity contribution in [2.45, 2.75) is 47.5 Å². The number of aromatic nitrogens is 2. The van der Waals surface area contributed by atoms with Crippen LogP contribution < -0.4 is 10.2 Å². The van der Waals surface area contributed by atoms with Gasteiger partial charge in [-0.2, -0.15) is 4.98 Å². The van der Waals surface area contributed by atoms with Crippen LogP contribution in [0.15, 0.2) is 22.6 Å². The van der Waals surface area contributed by atoms with Gasteiger partial charge in [0.25, 0.3) is 0 Å². The van der Waals surface area contributed by atoms with Crippen LogP contribution in [-0.4, -0.2) is 29.0 Å². The summed E-state index contributed by atoms with van der Waals surface area (Å²) in [6.45, 7) is 11.5. The lowest BCUT2D eigenvalue weighted by Crippen LogP contribution is -2.41. The van der Waals surface area contributed by atoms with Gasteiger partial charge in [0.15, 0.2) is 0 Å². The third-order valence-corrected chi connectivity index (χ3v) is 5.70. The van der Waals surface area contributed by atoms with Crippen molar-refractivity contribution in [1.82, 2.24) is 9.97 Å². The Bertz CT molecular complexity index is 1070. The number of rotatable bonds is 3. The maximum Gasteiger partial charge on any atom is 0.231 e. The summed E-state index contributed by atoms with van der Waals surface area (Å²) >= 11 is 0. The van der Waals surface area contributed by atoms with Crippen molar-refractivity contribution in [3.05, 3.63) is 46.5 Å². The van der Waals surface area contributed by atoms with E-state index in [1.807, 2.05) is 46.8 Å². The van der Waals surface area contributed by atoms with E-state index < -0.39 is 0 Å². The molecule has 6 heteroatoms. The SMILES string of the molecule is Cc1cc(C)cc(NC(=O)C2CCCN(c3nc(C)nc4oc(C)c(C)c34)C2)c1. The summed E-state index contributed by atoms with van der Waals surface area (Å²) in [5, 5.41) is 4.07. The molecule has 6 nitrogen and oxygen atoms in total. The molecule has 1 amide bonds. The van der Waals surface area contributed by atoms with Crippen LogP contribution in [0.1, 0.15) is 41.1 Å². The number of hydrogen-bond acceptors (Lipinski definition) is 5. The molecular weight excluding hydrogens is 364 g/mol. The van der Waals surface area contributed by atoms with E-state index in [4.69, 9.17) is 9.40 Å². The molecule has 2 aromatic heterocycles. The first-order valence-electron chi connectivity index (χ1n) is 10.2. The third-order valence-electron chi connectivity index (χ3n) is 5.70. The fourth-order valence-electron chi connectivity index (χ4n) is 4.24. The van der Waals surface area contributed by atoms with Crippen molar-refractivity contribution < 1.29 is 9.21 Å². The van der Waals surface area contributed by atoms with Crippen LogP contribution in [0.2, 0.25) is 0 Å². The van der Waals surface area contributed by atoms with Gasteiger partial charge in [-0.3, -0.25) is 4.79 Å². The highest BCUT2D eigenvalue weighted by Crippen LogP contribution is 2.33. The molecule has 1 aliphatic heterocycles.